The monoisotopic (exact) mass is 198 g/mol. The average molecular weight is 198 g/mol. The molecule has 1 atom stereocenters. The molecule has 1 aliphatic heterocycles. The number of carbonyl (C=O) groups is 1. The Morgan fingerprint density at radius 2 is 2.14 bits per heavy atom. The molecule has 1 aliphatic rings. The smallest absolute Gasteiger partial charge is 0.226 e. The molecule has 1 unspecified atom stereocenters. The minimum absolute atomic E-state index is 0.176. The molecule has 1 rings (SSSR count). The van der Waals surface area contributed by atoms with Crippen LogP contribution >= 0.6 is 0 Å². The lowest BCUT2D eigenvalue weighted by molar-refractivity contribution is -0.133. The molecule has 0 radical (unpaired) electrons. The molecular formula is C11H22N2O. The summed E-state index contributed by atoms with van der Waals surface area (Å²) < 4.78 is 0. The van der Waals surface area contributed by atoms with Crippen LogP contribution in [0.5, 0.6) is 0 Å². The summed E-state index contributed by atoms with van der Waals surface area (Å²) in [4.78, 5) is 16.0. The SMILES string of the molecule is CCN(C)C(=O)C1CN(C)C(C)(C)C1. The maximum Gasteiger partial charge on any atom is 0.226 e. The van der Waals surface area contributed by atoms with Crippen LogP contribution in [-0.4, -0.2) is 48.4 Å². The van der Waals surface area contributed by atoms with Crippen molar-refractivity contribution in [2.24, 2.45) is 5.92 Å². The van der Waals surface area contributed by atoms with E-state index in [1.54, 1.807) is 0 Å². The summed E-state index contributed by atoms with van der Waals surface area (Å²) in [6.45, 7) is 8.12. The third-order valence-electron chi connectivity index (χ3n) is 3.47. The highest BCUT2D eigenvalue weighted by Crippen LogP contribution is 2.31. The second-order valence-corrected chi connectivity index (χ2v) is 4.95. The van der Waals surface area contributed by atoms with Gasteiger partial charge >= 0.3 is 0 Å². The van der Waals surface area contributed by atoms with Gasteiger partial charge in [0.15, 0.2) is 0 Å². The molecule has 0 aromatic heterocycles. The number of nitrogens with zero attached hydrogens (tertiary/aromatic N) is 2. The van der Waals surface area contributed by atoms with Gasteiger partial charge in [-0.3, -0.25) is 4.79 Å². The zero-order valence-corrected chi connectivity index (χ0v) is 10.0. The van der Waals surface area contributed by atoms with E-state index >= 15 is 0 Å². The van der Waals surface area contributed by atoms with Crippen LogP contribution in [0.15, 0.2) is 0 Å². The molecule has 82 valence electrons. The van der Waals surface area contributed by atoms with Gasteiger partial charge in [-0.25, -0.2) is 0 Å². The van der Waals surface area contributed by atoms with Gasteiger partial charge in [-0.1, -0.05) is 0 Å². The molecule has 0 spiro atoms. The molecule has 0 bridgehead atoms. The third kappa shape index (κ3) is 2.08. The molecule has 1 amide bonds. The molecular weight excluding hydrogens is 176 g/mol. The first kappa shape index (κ1) is 11.5. The normalized spacial score (nSPS) is 26.5. The van der Waals surface area contributed by atoms with Gasteiger partial charge in [0.25, 0.3) is 0 Å². The summed E-state index contributed by atoms with van der Waals surface area (Å²) in [6, 6.07) is 0. The van der Waals surface area contributed by atoms with Gasteiger partial charge < -0.3 is 9.80 Å². The van der Waals surface area contributed by atoms with Crippen molar-refractivity contribution in [3.05, 3.63) is 0 Å². The first-order chi connectivity index (χ1) is 6.38. The zero-order chi connectivity index (χ0) is 10.9. The highest BCUT2D eigenvalue weighted by Gasteiger charge is 2.39. The van der Waals surface area contributed by atoms with Crippen LogP contribution in [0.4, 0.5) is 0 Å². The van der Waals surface area contributed by atoms with Crippen LogP contribution in [0.3, 0.4) is 0 Å². The summed E-state index contributed by atoms with van der Waals surface area (Å²) in [6.07, 6.45) is 0.979. The molecule has 0 aromatic carbocycles. The summed E-state index contributed by atoms with van der Waals surface area (Å²) in [5, 5.41) is 0. The fraction of sp³-hybridized carbons (Fsp3) is 0.909. The highest BCUT2D eigenvalue weighted by molar-refractivity contribution is 5.79. The Morgan fingerprint density at radius 3 is 2.50 bits per heavy atom. The summed E-state index contributed by atoms with van der Waals surface area (Å²) in [5.74, 6) is 0.491. The van der Waals surface area contributed by atoms with Gasteiger partial charge in [-0.2, -0.15) is 0 Å². The van der Waals surface area contributed by atoms with Crippen molar-refractivity contribution in [3.63, 3.8) is 0 Å². The molecule has 3 heteroatoms. The second-order valence-electron chi connectivity index (χ2n) is 4.95. The Labute approximate surface area is 87.1 Å². The molecule has 1 heterocycles. The van der Waals surface area contributed by atoms with Crippen LogP contribution < -0.4 is 0 Å². The molecule has 0 N–H and O–H groups in total. The Kier molecular flexibility index (Phi) is 3.20. The van der Waals surface area contributed by atoms with E-state index in [9.17, 15) is 4.79 Å². The van der Waals surface area contributed by atoms with E-state index in [1.165, 1.54) is 0 Å². The predicted molar refractivity (Wildman–Crippen MR) is 58.1 cm³/mol. The first-order valence-corrected chi connectivity index (χ1v) is 5.34. The van der Waals surface area contributed by atoms with Crippen LogP contribution in [0.2, 0.25) is 0 Å². The Morgan fingerprint density at radius 1 is 1.57 bits per heavy atom. The molecule has 0 aromatic rings. The van der Waals surface area contributed by atoms with Crippen LogP contribution in [0.1, 0.15) is 27.2 Å². The van der Waals surface area contributed by atoms with E-state index in [-0.39, 0.29) is 11.5 Å². The van der Waals surface area contributed by atoms with Crippen LogP contribution in [0.25, 0.3) is 0 Å². The summed E-state index contributed by atoms with van der Waals surface area (Å²) in [7, 11) is 3.98. The average Bonchev–Trinajstić information content (AvgIpc) is 2.39. The number of hydrogen-bond donors (Lipinski definition) is 0. The lowest BCUT2D eigenvalue weighted by atomic mass is 9.96. The van der Waals surface area contributed by atoms with Gasteiger partial charge in [0.2, 0.25) is 5.91 Å². The topological polar surface area (TPSA) is 23.6 Å². The van der Waals surface area contributed by atoms with Gasteiger partial charge in [-0.15, -0.1) is 0 Å². The van der Waals surface area contributed by atoms with E-state index in [1.807, 2.05) is 18.9 Å². The Bertz CT molecular complexity index is 225. The predicted octanol–water partition coefficient (Wildman–Crippen LogP) is 1.19. The maximum absolute atomic E-state index is 11.9. The number of carbonyl (C=O) groups excluding carboxylic acids is 1. The van der Waals surface area contributed by atoms with Crippen molar-refractivity contribution in [3.8, 4) is 0 Å². The molecule has 1 fully saturated rings. The third-order valence-corrected chi connectivity index (χ3v) is 3.47. The lowest BCUT2D eigenvalue weighted by Gasteiger charge is -2.26. The molecule has 0 aliphatic carbocycles. The van der Waals surface area contributed by atoms with Gasteiger partial charge in [0.1, 0.15) is 0 Å². The summed E-state index contributed by atoms with van der Waals surface area (Å²) >= 11 is 0. The van der Waals surface area contributed by atoms with Crippen LogP contribution in [-0.2, 0) is 4.79 Å². The second kappa shape index (κ2) is 3.89. The largest absolute Gasteiger partial charge is 0.346 e. The highest BCUT2D eigenvalue weighted by atomic mass is 16.2. The first-order valence-electron chi connectivity index (χ1n) is 5.34. The van der Waals surface area contributed by atoms with Crippen molar-refractivity contribution in [2.45, 2.75) is 32.7 Å². The summed E-state index contributed by atoms with van der Waals surface area (Å²) in [5.41, 5.74) is 0.176. The fourth-order valence-corrected chi connectivity index (χ4v) is 2.03. The number of hydrogen-bond acceptors (Lipinski definition) is 2. The van der Waals surface area contributed by atoms with Crippen molar-refractivity contribution in [1.82, 2.24) is 9.80 Å². The number of rotatable bonds is 2. The molecule has 1 saturated heterocycles. The maximum atomic E-state index is 11.9. The van der Waals surface area contributed by atoms with E-state index in [4.69, 9.17) is 0 Å². The zero-order valence-electron chi connectivity index (χ0n) is 10.0. The minimum Gasteiger partial charge on any atom is -0.346 e. The quantitative estimate of drug-likeness (QED) is 0.665. The van der Waals surface area contributed by atoms with Gasteiger partial charge in [0.05, 0.1) is 5.92 Å². The van der Waals surface area contributed by atoms with Gasteiger partial charge in [0, 0.05) is 25.7 Å². The number of amides is 1. The van der Waals surface area contributed by atoms with E-state index in [0.29, 0.717) is 5.91 Å². The van der Waals surface area contributed by atoms with Crippen molar-refractivity contribution >= 4 is 5.91 Å². The van der Waals surface area contributed by atoms with E-state index in [0.717, 1.165) is 19.5 Å². The Hall–Kier alpha value is -0.570. The van der Waals surface area contributed by atoms with Crippen molar-refractivity contribution in [1.29, 1.82) is 0 Å². The van der Waals surface area contributed by atoms with Crippen LogP contribution in [0, 0.1) is 5.92 Å². The lowest BCUT2D eigenvalue weighted by Crippen LogP contribution is -2.34. The fourth-order valence-electron chi connectivity index (χ4n) is 2.03. The Balaban J connectivity index is 2.62. The molecule has 0 saturated carbocycles. The van der Waals surface area contributed by atoms with E-state index in [2.05, 4.69) is 25.8 Å². The van der Waals surface area contributed by atoms with Crippen molar-refractivity contribution in [2.75, 3.05) is 27.2 Å². The standard InChI is InChI=1S/C11H22N2O/c1-6-12(4)10(14)9-7-11(2,3)13(5)8-9/h9H,6-8H2,1-5H3. The minimum atomic E-state index is 0.176. The number of likely N-dealkylation sites (tertiary alicyclic amines) is 1. The van der Waals surface area contributed by atoms with Crippen molar-refractivity contribution < 1.29 is 4.79 Å². The van der Waals surface area contributed by atoms with E-state index < -0.39 is 0 Å². The van der Waals surface area contributed by atoms with Gasteiger partial charge in [-0.05, 0) is 34.2 Å². The molecule has 3 nitrogen and oxygen atoms in total. The molecule has 14 heavy (non-hydrogen) atoms.